The highest BCUT2D eigenvalue weighted by molar-refractivity contribution is 5.30. The van der Waals surface area contributed by atoms with Crippen molar-refractivity contribution in [2.24, 2.45) is 0 Å². The highest BCUT2D eigenvalue weighted by Gasteiger charge is 2.03. The number of aromatic nitrogens is 4. The summed E-state index contributed by atoms with van der Waals surface area (Å²) in [5.41, 5.74) is 1.93. The molecule has 0 saturated carbocycles. The second-order valence-electron chi connectivity index (χ2n) is 4.81. The van der Waals surface area contributed by atoms with E-state index >= 15 is 0 Å². The van der Waals surface area contributed by atoms with Gasteiger partial charge in [-0.05, 0) is 24.6 Å². The van der Waals surface area contributed by atoms with Gasteiger partial charge >= 0.3 is 0 Å². The zero-order valence-electron chi connectivity index (χ0n) is 12.0. The minimum atomic E-state index is 0.442. The Hall–Kier alpha value is -2.56. The van der Waals surface area contributed by atoms with Gasteiger partial charge in [0.25, 0.3) is 0 Å². The van der Waals surface area contributed by atoms with Crippen molar-refractivity contribution >= 4 is 0 Å². The van der Waals surface area contributed by atoms with Gasteiger partial charge in [0.15, 0.2) is 5.75 Å². The Kier molecular flexibility index (Phi) is 4.00. The number of aryl methyl sites for hydroxylation is 1. The van der Waals surface area contributed by atoms with E-state index in [1.165, 1.54) is 0 Å². The van der Waals surface area contributed by atoms with Gasteiger partial charge in [-0.1, -0.05) is 25.1 Å². The van der Waals surface area contributed by atoms with Crippen LogP contribution in [0, 0.1) is 0 Å². The van der Waals surface area contributed by atoms with E-state index in [1.54, 1.807) is 6.20 Å². The molecule has 0 saturated heterocycles. The molecule has 21 heavy (non-hydrogen) atoms. The Balaban J connectivity index is 1.62. The fourth-order valence-corrected chi connectivity index (χ4v) is 2.09. The summed E-state index contributed by atoms with van der Waals surface area (Å²) in [6.45, 7) is 3.47. The maximum atomic E-state index is 5.71. The largest absolute Gasteiger partial charge is 0.484 e. The lowest BCUT2D eigenvalue weighted by Gasteiger charge is -2.01. The van der Waals surface area contributed by atoms with Crippen LogP contribution in [0.2, 0.25) is 0 Å². The van der Waals surface area contributed by atoms with Crippen molar-refractivity contribution in [3.05, 3.63) is 60.7 Å². The first-order valence-electron chi connectivity index (χ1n) is 7.10. The maximum Gasteiger partial charge on any atom is 0.157 e. The molecule has 0 aliphatic heterocycles. The molecule has 0 unspecified atom stereocenters. The highest BCUT2D eigenvalue weighted by atomic mass is 16.5. The molecule has 0 atom stereocenters. The second-order valence-corrected chi connectivity index (χ2v) is 4.81. The highest BCUT2D eigenvalue weighted by Crippen LogP contribution is 2.12. The van der Waals surface area contributed by atoms with E-state index in [0.717, 1.165) is 30.1 Å². The van der Waals surface area contributed by atoms with Crippen molar-refractivity contribution in [2.75, 3.05) is 0 Å². The van der Waals surface area contributed by atoms with E-state index in [0.29, 0.717) is 6.61 Å². The molecule has 3 aromatic rings. The van der Waals surface area contributed by atoms with Gasteiger partial charge in [0, 0.05) is 12.7 Å². The monoisotopic (exact) mass is 282 g/mol. The molecule has 3 rings (SSSR count). The van der Waals surface area contributed by atoms with Crippen LogP contribution in [0.15, 0.2) is 55.0 Å². The van der Waals surface area contributed by atoms with Gasteiger partial charge in [0.2, 0.25) is 0 Å². The predicted octanol–water partition coefficient (Wildman–Crippen LogP) is 3.06. The van der Waals surface area contributed by atoms with Gasteiger partial charge in [-0.25, -0.2) is 4.68 Å². The summed E-state index contributed by atoms with van der Waals surface area (Å²) in [4.78, 5) is 0. The molecule has 0 bridgehead atoms. The van der Waals surface area contributed by atoms with E-state index in [2.05, 4.69) is 17.1 Å². The molecular weight excluding hydrogens is 264 g/mol. The molecular formula is C16H18N4O. The third kappa shape index (κ3) is 3.31. The SMILES string of the molecule is CCCn1cc(OCc2ccn(-c3ccccc3)n2)cn1. The summed E-state index contributed by atoms with van der Waals surface area (Å²) >= 11 is 0. The van der Waals surface area contributed by atoms with Crippen molar-refractivity contribution in [1.82, 2.24) is 19.6 Å². The van der Waals surface area contributed by atoms with Gasteiger partial charge in [0.05, 0.1) is 18.1 Å². The van der Waals surface area contributed by atoms with Crippen LogP contribution in [0.5, 0.6) is 5.75 Å². The summed E-state index contributed by atoms with van der Waals surface area (Å²) in [5, 5.41) is 8.74. The van der Waals surface area contributed by atoms with Crippen LogP contribution in [-0.2, 0) is 13.2 Å². The Labute approximate surface area is 123 Å². The van der Waals surface area contributed by atoms with Gasteiger partial charge in [-0.15, -0.1) is 0 Å². The van der Waals surface area contributed by atoms with Crippen LogP contribution in [0.3, 0.4) is 0 Å². The first kappa shape index (κ1) is 13.4. The molecule has 5 nitrogen and oxygen atoms in total. The summed E-state index contributed by atoms with van der Waals surface area (Å²) in [5.74, 6) is 0.776. The molecule has 0 aliphatic rings. The van der Waals surface area contributed by atoms with Crippen molar-refractivity contribution in [1.29, 1.82) is 0 Å². The van der Waals surface area contributed by atoms with Crippen molar-refractivity contribution in [3.8, 4) is 11.4 Å². The average molecular weight is 282 g/mol. The Morgan fingerprint density at radius 1 is 1.14 bits per heavy atom. The summed E-state index contributed by atoms with van der Waals surface area (Å²) in [6.07, 6.45) is 6.65. The first-order chi connectivity index (χ1) is 10.3. The Morgan fingerprint density at radius 3 is 2.81 bits per heavy atom. The van der Waals surface area contributed by atoms with Crippen molar-refractivity contribution in [2.45, 2.75) is 26.5 Å². The van der Waals surface area contributed by atoms with Crippen LogP contribution in [-0.4, -0.2) is 19.6 Å². The molecule has 2 heterocycles. The molecule has 5 heteroatoms. The lowest BCUT2D eigenvalue weighted by atomic mass is 10.3. The Morgan fingerprint density at radius 2 is 2.00 bits per heavy atom. The zero-order chi connectivity index (χ0) is 14.5. The minimum Gasteiger partial charge on any atom is -0.484 e. The molecule has 0 N–H and O–H groups in total. The van der Waals surface area contributed by atoms with Crippen LogP contribution >= 0.6 is 0 Å². The molecule has 1 aromatic carbocycles. The fraction of sp³-hybridized carbons (Fsp3) is 0.250. The molecule has 0 fully saturated rings. The van der Waals surface area contributed by atoms with Gasteiger partial charge in [0.1, 0.15) is 12.3 Å². The third-order valence-electron chi connectivity index (χ3n) is 3.11. The normalized spacial score (nSPS) is 10.7. The third-order valence-corrected chi connectivity index (χ3v) is 3.11. The average Bonchev–Trinajstić information content (AvgIpc) is 3.16. The quantitative estimate of drug-likeness (QED) is 0.698. The van der Waals surface area contributed by atoms with Crippen LogP contribution in [0.25, 0.3) is 5.69 Å². The predicted molar refractivity (Wildman–Crippen MR) is 80.4 cm³/mol. The first-order valence-corrected chi connectivity index (χ1v) is 7.10. The number of hydrogen-bond donors (Lipinski definition) is 0. The number of hydrogen-bond acceptors (Lipinski definition) is 3. The number of benzene rings is 1. The molecule has 0 radical (unpaired) electrons. The van der Waals surface area contributed by atoms with E-state index in [1.807, 2.05) is 58.2 Å². The summed E-state index contributed by atoms with van der Waals surface area (Å²) < 4.78 is 9.44. The van der Waals surface area contributed by atoms with Gasteiger partial charge < -0.3 is 4.74 Å². The van der Waals surface area contributed by atoms with E-state index in [9.17, 15) is 0 Å². The molecule has 0 spiro atoms. The fourth-order valence-electron chi connectivity index (χ4n) is 2.09. The number of nitrogens with zero attached hydrogens (tertiary/aromatic N) is 4. The number of rotatable bonds is 6. The Bertz CT molecular complexity index is 687. The van der Waals surface area contributed by atoms with E-state index in [-0.39, 0.29) is 0 Å². The van der Waals surface area contributed by atoms with Crippen LogP contribution in [0.1, 0.15) is 19.0 Å². The lowest BCUT2D eigenvalue weighted by molar-refractivity contribution is 0.300. The molecule has 0 amide bonds. The van der Waals surface area contributed by atoms with Crippen molar-refractivity contribution < 1.29 is 4.74 Å². The molecule has 0 aliphatic carbocycles. The number of ether oxygens (including phenoxy) is 1. The lowest BCUT2D eigenvalue weighted by Crippen LogP contribution is -1.99. The second kappa shape index (κ2) is 6.26. The van der Waals surface area contributed by atoms with Crippen LogP contribution < -0.4 is 4.74 Å². The van der Waals surface area contributed by atoms with E-state index < -0.39 is 0 Å². The topological polar surface area (TPSA) is 44.9 Å². The smallest absolute Gasteiger partial charge is 0.157 e. The minimum absolute atomic E-state index is 0.442. The summed E-state index contributed by atoms with van der Waals surface area (Å²) in [6, 6.07) is 12.0. The number of para-hydroxylation sites is 1. The van der Waals surface area contributed by atoms with Gasteiger partial charge in [-0.3, -0.25) is 4.68 Å². The van der Waals surface area contributed by atoms with E-state index in [4.69, 9.17) is 4.74 Å². The summed E-state index contributed by atoms with van der Waals surface area (Å²) in [7, 11) is 0. The zero-order valence-corrected chi connectivity index (χ0v) is 12.0. The standard InChI is InChI=1S/C16H18N4O/c1-2-9-19-12-16(11-17-19)21-13-14-8-10-20(18-14)15-6-4-3-5-7-15/h3-8,10-12H,2,9,13H2,1H3. The van der Waals surface area contributed by atoms with Crippen molar-refractivity contribution in [3.63, 3.8) is 0 Å². The van der Waals surface area contributed by atoms with Gasteiger partial charge in [-0.2, -0.15) is 10.2 Å². The van der Waals surface area contributed by atoms with Crippen LogP contribution in [0.4, 0.5) is 0 Å². The molecule has 2 aromatic heterocycles. The molecule has 108 valence electrons. The maximum absolute atomic E-state index is 5.71.